The predicted octanol–water partition coefficient (Wildman–Crippen LogP) is 2.70. The third-order valence-corrected chi connectivity index (χ3v) is 5.84. The second-order valence-electron chi connectivity index (χ2n) is 7.69. The van der Waals surface area contributed by atoms with Crippen LogP contribution in [-0.2, 0) is 0 Å². The van der Waals surface area contributed by atoms with Gasteiger partial charge in [-0.2, -0.15) is 5.10 Å². The Balaban J connectivity index is 1.49. The zero-order valence-corrected chi connectivity index (χ0v) is 15.4. The maximum atomic E-state index is 13.1. The van der Waals surface area contributed by atoms with E-state index in [1.54, 1.807) is 12.3 Å². The number of piperidine rings is 1. The van der Waals surface area contributed by atoms with E-state index in [1.807, 2.05) is 6.07 Å². The van der Waals surface area contributed by atoms with E-state index in [2.05, 4.69) is 30.3 Å². The maximum Gasteiger partial charge on any atom is 0.282 e. The Hall–Kier alpha value is -2.68. The van der Waals surface area contributed by atoms with Crippen molar-refractivity contribution < 1.29 is 8.78 Å². The van der Waals surface area contributed by atoms with Crippen molar-refractivity contribution in [1.29, 1.82) is 0 Å². The van der Waals surface area contributed by atoms with Gasteiger partial charge in [0.25, 0.3) is 6.43 Å². The van der Waals surface area contributed by atoms with Crippen LogP contribution in [-0.4, -0.2) is 50.7 Å². The fraction of sp³-hybridized carbons (Fsp3) is 0.474. The second kappa shape index (κ2) is 6.73. The smallest absolute Gasteiger partial charge is 0.282 e. The highest BCUT2D eigenvalue weighted by molar-refractivity contribution is 5.62. The molecule has 1 atom stereocenters. The molecular formula is C19H21F2N7. The summed E-state index contributed by atoms with van der Waals surface area (Å²) >= 11 is 0. The van der Waals surface area contributed by atoms with Crippen molar-refractivity contribution in [1.82, 2.24) is 29.9 Å². The zero-order valence-electron chi connectivity index (χ0n) is 15.4. The van der Waals surface area contributed by atoms with Crippen LogP contribution in [0.25, 0.3) is 17.0 Å². The Morgan fingerprint density at radius 1 is 1.14 bits per heavy atom. The van der Waals surface area contributed by atoms with Gasteiger partial charge in [0, 0.05) is 31.1 Å². The van der Waals surface area contributed by atoms with Gasteiger partial charge >= 0.3 is 0 Å². The first kappa shape index (κ1) is 17.4. The lowest BCUT2D eigenvalue weighted by Gasteiger charge is -2.40. The number of hydrogen-bond acceptors (Lipinski definition) is 6. The second-order valence-corrected chi connectivity index (χ2v) is 7.69. The van der Waals surface area contributed by atoms with E-state index < -0.39 is 6.43 Å². The normalized spacial score (nSPS) is 22.6. The van der Waals surface area contributed by atoms with Crippen molar-refractivity contribution in [3.05, 3.63) is 36.4 Å². The Morgan fingerprint density at radius 2 is 2.07 bits per heavy atom. The van der Waals surface area contributed by atoms with Gasteiger partial charge in [-0.05, 0) is 37.9 Å². The van der Waals surface area contributed by atoms with E-state index in [-0.39, 0.29) is 5.69 Å². The van der Waals surface area contributed by atoms with Gasteiger partial charge in [0.2, 0.25) is 0 Å². The Kier molecular flexibility index (Phi) is 4.19. The Labute approximate surface area is 160 Å². The molecule has 0 saturated carbocycles. The zero-order chi connectivity index (χ0) is 19.1. The number of anilines is 1. The molecule has 0 bridgehead atoms. The summed E-state index contributed by atoms with van der Waals surface area (Å²) in [6.07, 6.45) is 4.06. The van der Waals surface area contributed by atoms with Gasteiger partial charge in [-0.3, -0.25) is 0 Å². The lowest BCUT2D eigenvalue weighted by atomic mass is 9.79. The molecule has 2 aliphatic rings. The van der Waals surface area contributed by atoms with Crippen LogP contribution in [0.4, 0.5) is 14.6 Å². The number of fused-ring (bicyclic) bond motifs is 1. The number of imidazole rings is 1. The monoisotopic (exact) mass is 385 g/mol. The van der Waals surface area contributed by atoms with Crippen molar-refractivity contribution in [2.45, 2.75) is 25.7 Å². The summed E-state index contributed by atoms with van der Waals surface area (Å²) in [5, 5.41) is 7.52. The molecule has 1 spiro atoms. The molecule has 3 aromatic rings. The molecule has 3 aromatic heterocycles. The van der Waals surface area contributed by atoms with Crippen molar-refractivity contribution in [2.75, 3.05) is 31.1 Å². The quantitative estimate of drug-likeness (QED) is 0.748. The highest BCUT2D eigenvalue weighted by atomic mass is 19.3. The number of halogens is 2. The van der Waals surface area contributed by atoms with E-state index in [9.17, 15) is 8.78 Å². The summed E-state index contributed by atoms with van der Waals surface area (Å²) in [5.74, 6) is 0.857. The summed E-state index contributed by atoms with van der Waals surface area (Å²) in [7, 11) is 0. The minimum atomic E-state index is -2.63. The first-order valence-electron chi connectivity index (χ1n) is 9.55. The minimum absolute atomic E-state index is 0.285. The maximum absolute atomic E-state index is 13.1. The van der Waals surface area contributed by atoms with E-state index >= 15 is 0 Å². The van der Waals surface area contributed by atoms with Crippen LogP contribution in [0.15, 0.2) is 30.7 Å². The molecule has 2 aliphatic heterocycles. The largest absolute Gasteiger partial charge is 0.356 e. The summed E-state index contributed by atoms with van der Waals surface area (Å²) in [5.41, 5.74) is 1.75. The molecule has 0 aromatic carbocycles. The van der Waals surface area contributed by atoms with Gasteiger partial charge in [0.1, 0.15) is 23.5 Å². The fourth-order valence-corrected chi connectivity index (χ4v) is 4.39. The topological polar surface area (TPSA) is 71.2 Å². The lowest BCUT2D eigenvalue weighted by molar-refractivity contribution is 0.144. The number of alkyl halides is 2. The molecule has 5 rings (SSSR count). The van der Waals surface area contributed by atoms with Crippen LogP contribution >= 0.6 is 0 Å². The molecule has 0 amide bonds. The molecule has 9 heteroatoms. The van der Waals surface area contributed by atoms with E-state index in [0.717, 1.165) is 38.4 Å². The third-order valence-electron chi connectivity index (χ3n) is 5.84. The fourth-order valence-electron chi connectivity index (χ4n) is 4.39. The molecule has 2 fully saturated rings. The van der Waals surface area contributed by atoms with Crippen LogP contribution in [0, 0.1) is 5.41 Å². The standard InChI is InChI=1S/C19H21F2N7/c20-18(21)13-2-3-16-23-9-15(28(16)26-13)14-8-17(25-12-24-14)27-7-1-4-19(11-27)5-6-22-10-19/h2-3,8-9,12,18,22H,1,4-7,10-11H2. The van der Waals surface area contributed by atoms with Crippen LogP contribution < -0.4 is 10.2 Å². The number of rotatable bonds is 3. The molecule has 2 saturated heterocycles. The van der Waals surface area contributed by atoms with E-state index in [1.165, 1.54) is 29.8 Å². The molecule has 146 valence electrons. The van der Waals surface area contributed by atoms with Crippen LogP contribution in [0.2, 0.25) is 0 Å². The molecular weight excluding hydrogens is 364 g/mol. The van der Waals surface area contributed by atoms with Crippen molar-refractivity contribution >= 4 is 11.5 Å². The number of hydrogen-bond donors (Lipinski definition) is 1. The van der Waals surface area contributed by atoms with Gasteiger partial charge in [-0.25, -0.2) is 28.2 Å². The molecule has 0 radical (unpaired) electrons. The average molecular weight is 385 g/mol. The summed E-state index contributed by atoms with van der Waals surface area (Å²) < 4.78 is 27.5. The van der Waals surface area contributed by atoms with Crippen LogP contribution in [0.3, 0.4) is 0 Å². The molecule has 0 aliphatic carbocycles. The van der Waals surface area contributed by atoms with Gasteiger partial charge in [0.15, 0.2) is 5.65 Å². The minimum Gasteiger partial charge on any atom is -0.356 e. The summed E-state index contributed by atoms with van der Waals surface area (Å²) in [6, 6.07) is 4.74. The van der Waals surface area contributed by atoms with Gasteiger partial charge in [0.05, 0.1) is 11.9 Å². The van der Waals surface area contributed by atoms with Gasteiger partial charge < -0.3 is 10.2 Å². The third kappa shape index (κ3) is 2.99. The Morgan fingerprint density at radius 3 is 2.89 bits per heavy atom. The lowest BCUT2D eigenvalue weighted by Crippen LogP contribution is -2.44. The highest BCUT2D eigenvalue weighted by Crippen LogP contribution is 2.37. The van der Waals surface area contributed by atoms with Crippen molar-refractivity contribution in [3.8, 4) is 11.4 Å². The van der Waals surface area contributed by atoms with Crippen molar-refractivity contribution in [2.24, 2.45) is 5.41 Å². The number of nitrogens with zero attached hydrogens (tertiary/aromatic N) is 6. The van der Waals surface area contributed by atoms with Gasteiger partial charge in [-0.15, -0.1) is 0 Å². The molecule has 7 nitrogen and oxygen atoms in total. The summed E-state index contributed by atoms with van der Waals surface area (Å²) in [4.78, 5) is 15.4. The predicted molar refractivity (Wildman–Crippen MR) is 100 cm³/mol. The Bertz CT molecular complexity index is 997. The highest BCUT2D eigenvalue weighted by Gasteiger charge is 2.38. The molecule has 1 unspecified atom stereocenters. The average Bonchev–Trinajstić information content (AvgIpc) is 3.34. The summed E-state index contributed by atoms with van der Waals surface area (Å²) in [6.45, 7) is 4.05. The molecule has 28 heavy (non-hydrogen) atoms. The molecule has 1 N–H and O–H groups in total. The van der Waals surface area contributed by atoms with Crippen LogP contribution in [0.5, 0.6) is 0 Å². The number of aromatic nitrogens is 5. The van der Waals surface area contributed by atoms with E-state index in [4.69, 9.17) is 0 Å². The number of nitrogens with one attached hydrogen (secondary N) is 1. The molecule has 5 heterocycles. The van der Waals surface area contributed by atoms with E-state index in [0.29, 0.717) is 22.5 Å². The van der Waals surface area contributed by atoms with Crippen LogP contribution in [0.1, 0.15) is 31.4 Å². The van der Waals surface area contributed by atoms with Crippen molar-refractivity contribution in [3.63, 3.8) is 0 Å². The first-order valence-corrected chi connectivity index (χ1v) is 9.55. The SMILES string of the molecule is FC(F)c1ccc2ncc(-c3cc(N4CCCC5(CCNC5)C4)ncn3)n2n1. The first-order chi connectivity index (χ1) is 13.6. The van der Waals surface area contributed by atoms with Gasteiger partial charge in [-0.1, -0.05) is 0 Å².